The Morgan fingerprint density at radius 3 is 1.93 bits per heavy atom. The first-order chi connectivity index (χ1) is 5.91. The molecule has 2 nitrogen and oxygen atoms in total. The molecule has 0 amide bonds. The summed E-state index contributed by atoms with van der Waals surface area (Å²) < 4.78 is 36.1. The van der Waals surface area contributed by atoms with E-state index in [0.29, 0.717) is 0 Å². The van der Waals surface area contributed by atoms with Gasteiger partial charge in [0.1, 0.15) is 11.8 Å². The van der Waals surface area contributed by atoms with Crippen molar-refractivity contribution in [2.45, 2.75) is 12.2 Å². The zero-order chi connectivity index (χ0) is 10.1. The van der Waals surface area contributed by atoms with E-state index in [2.05, 4.69) is 0 Å². The predicted molar refractivity (Wildman–Crippen MR) is 48.3 cm³/mol. The van der Waals surface area contributed by atoms with Crippen molar-refractivity contribution in [1.29, 1.82) is 0 Å². The molecule has 0 saturated carbocycles. The summed E-state index contributed by atoms with van der Waals surface area (Å²) in [6, 6.07) is 2.64. The van der Waals surface area contributed by atoms with Crippen LogP contribution in [0.3, 0.4) is 0 Å². The van der Waals surface area contributed by atoms with Crippen molar-refractivity contribution in [1.82, 2.24) is 0 Å². The molecule has 0 heterocycles. The number of phenols is 1. The van der Waals surface area contributed by atoms with Gasteiger partial charge in [-0.15, -0.1) is 12.4 Å². The average Bonchev–Trinajstić information content (AvgIpc) is 2.03. The van der Waals surface area contributed by atoms with Gasteiger partial charge < -0.3 is 10.8 Å². The lowest BCUT2D eigenvalue weighted by molar-refractivity contribution is -0.149. The molecular formula is C8H9ClF3NO. The molecule has 0 aliphatic carbocycles. The van der Waals surface area contributed by atoms with Gasteiger partial charge in [-0.25, -0.2) is 0 Å². The lowest BCUT2D eigenvalue weighted by Crippen LogP contribution is -2.28. The molecule has 3 N–H and O–H groups in total. The van der Waals surface area contributed by atoms with E-state index in [-0.39, 0.29) is 23.7 Å². The highest BCUT2D eigenvalue weighted by Crippen LogP contribution is 2.30. The molecule has 1 rings (SSSR count). The Bertz CT molecular complexity index is 286. The Balaban J connectivity index is 0.00000169. The maximum absolute atomic E-state index is 12.0. The van der Waals surface area contributed by atoms with E-state index in [1.165, 1.54) is 12.1 Å². The highest BCUT2D eigenvalue weighted by molar-refractivity contribution is 5.85. The van der Waals surface area contributed by atoms with Gasteiger partial charge in [0.2, 0.25) is 0 Å². The summed E-state index contributed by atoms with van der Waals surface area (Å²) in [4.78, 5) is 0. The van der Waals surface area contributed by atoms with Gasteiger partial charge in [-0.2, -0.15) is 13.2 Å². The third kappa shape index (κ3) is 3.08. The number of hydrogen-bond donors (Lipinski definition) is 2. The second-order valence-corrected chi connectivity index (χ2v) is 2.61. The largest absolute Gasteiger partial charge is 0.508 e. The molecule has 0 bridgehead atoms. The van der Waals surface area contributed by atoms with E-state index >= 15 is 0 Å². The van der Waals surface area contributed by atoms with Crippen LogP contribution in [0.15, 0.2) is 24.3 Å². The first-order valence-electron chi connectivity index (χ1n) is 3.52. The Kier molecular flexibility index (Phi) is 4.22. The lowest BCUT2D eigenvalue weighted by Gasteiger charge is -2.15. The molecular weight excluding hydrogens is 219 g/mol. The summed E-state index contributed by atoms with van der Waals surface area (Å²) in [7, 11) is 0. The smallest absolute Gasteiger partial charge is 0.407 e. The van der Waals surface area contributed by atoms with Crippen LogP contribution in [0, 0.1) is 0 Å². The lowest BCUT2D eigenvalue weighted by atomic mass is 10.1. The minimum Gasteiger partial charge on any atom is -0.508 e. The molecule has 1 atom stereocenters. The molecule has 0 fully saturated rings. The maximum Gasteiger partial charge on any atom is 0.407 e. The minimum absolute atomic E-state index is 0. The van der Waals surface area contributed by atoms with Crippen molar-refractivity contribution >= 4 is 12.4 Å². The minimum atomic E-state index is -4.45. The highest BCUT2D eigenvalue weighted by atomic mass is 35.5. The van der Waals surface area contributed by atoms with Crippen molar-refractivity contribution in [3.63, 3.8) is 0 Å². The van der Waals surface area contributed by atoms with Crippen molar-refractivity contribution in [2.24, 2.45) is 5.73 Å². The van der Waals surface area contributed by atoms with Gasteiger partial charge in [-0.3, -0.25) is 0 Å². The summed E-state index contributed by atoms with van der Waals surface area (Å²) in [5.41, 5.74) is 4.85. The van der Waals surface area contributed by atoms with Gasteiger partial charge >= 0.3 is 6.18 Å². The Labute approximate surface area is 84.9 Å². The predicted octanol–water partition coefficient (Wildman–Crippen LogP) is 2.38. The number of hydrogen-bond acceptors (Lipinski definition) is 2. The fourth-order valence-electron chi connectivity index (χ4n) is 0.871. The van der Waals surface area contributed by atoms with Crippen molar-refractivity contribution in [2.75, 3.05) is 0 Å². The summed E-state index contributed by atoms with van der Waals surface area (Å²) >= 11 is 0. The average molecular weight is 228 g/mol. The van der Waals surface area contributed by atoms with Crippen molar-refractivity contribution < 1.29 is 18.3 Å². The second kappa shape index (κ2) is 4.52. The zero-order valence-corrected chi connectivity index (χ0v) is 7.77. The molecule has 0 unspecified atom stereocenters. The van der Waals surface area contributed by atoms with Crippen LogP contribution in [0.1, 0.15) is 11.6 Å². The topological polar surface area (TPSA) is 46.2 Å². The van der Waals surface area contributed by atoms with Crippen LogP contribution in [0.2, 0.25) is 0 Å². The van der Waals surface area contributed by atoms with Crippen molar-refractivity contribution in [3.05, 3.63) is 29.8 Å². The van der Waals surface area contributed by atoms with Crippen LogP contribution in [-0.2, 0) is 0 Å². The first kappa shape index (κ1) is 13.1. The molecule has 0 spiro atoms. The van der Waals surface area contributed by atoms with E-state index in [0.717, 1.165) is 12.1 Å². The number of phenolic OH excluding ortho intramolecular Hbond substituents is 1. The van der Waals surface area contributed by atoms with Crippen molar-refractivity contribution in [3.8, 4) is 5.75 Å². The monoisotopic (exact) mass is 227 g/mol. The quantitative estimate of drug-likeness (QED) is 0.774. The second-order valence-electron chi connectivity index (χ2n) is 2.61. The van der Waals surface area contributed by atoms with Gasteiger partial charge in [0, 0.05) is 0 Å². The summed E-state index contributed by atoms with van der Waals surface area (Å²) in [6.07, 6.45) is -4.45. The Morgan fingerprint density at radius 2 is 1.57 bits per heavy atom. The molecule has 80 valence electrons. The van der Waals surface area contributed by atoms with Crippen LogP contribution in [0.5, 0.6) is 5.75 Å². The van der Waals surface area contributed by atoms with Crippen LogP contribution >= 0.6 is 12.4 Å². The molecule has 1 aromatic carbocycles. The summed E-state index contributed by atoms with van der Waals surface area (Å²) in [6.45, 7) is 0. The van der Waals surface area contributed by atoms with Crippen LogP contribution < -0.4 is 5.73 Å². The molecule has 6 heteroatoms. The van der Waals surface area contributed by atoms with Gasteiger partial charge in [0.15, 0.2) is 0 Å². The van der Waals surface area contributed by atoms with Gasteiger partial charge in [0.25, 0.3) is 0 Å². The van der Waals surface area contributed by atoms with Crippen LogP contribution in [-0.4, -0.2) is 11.3 Å². The van der Waals surface area contributed by atoms with E-state index in [1.807, 2.05) is 0 Å². The number of alkyl halides is 3. The number of halogens is 4. The molecule has 14 heavy (non-hydrogen) atoms. The van der Waals surface area contributed by atoms with Gasteiger partial charge in [0.05, 0.1) is 0 Å². The van der Waals surface area contributed by atoms with Gasteiger partial charge in [-0.1, -0.05) is 12.1 Å². The summed E-state index contributed by atoms with van der Waals surface area (Å²) in [5, 5.41) is 8.82. The summed E-state index contributed by atoms with van der Waals surface area (Å²) in [5.74, 6) is -0.0851. The highest BCUT2D eigenvalue weighted by Gasteiger charge is 2.37. The number of aromatic hydroxyl groups is 1. The molecule has 0 saturated heterocycles. The SMILES string of the molecule is Cl.N[C@H](c1ccc(O)cc1)C(F)(F)F. The molecule has 1 aromatic rings. The zero-order valence-electron chi connectivity index (χ0n) is 6.95. The number of nitrogens with two attached hydrogens (primary N) is 1. The standard InChI is InChI=1S/C8H8F3NO.ClH/c9-8(10,11)7(12)5-1-3-6(13)4-2-5;/h1-4,7,13H,12H2;1H/t7-;/m1./s1. The Morgan fingerprint density at radius 1 is 1.14 bits per heavy atom. The fourth-order valence-corrected chi connectivity index (χ4v) is 0.871. The molecule has 0 aromatic heterocycles. The molecule has 0 aliphatic heterocycles. The van der Waals surface area contributed by atoms with E-state index in [9.17, 15) is 13.2 Å². The molecule has 0 aliphatic rings. The van der Waals surface area contributed by atoms with Crippen LogP contribution in [0.25, 0.3) is 0 Å². The maximum atomic E-state index is 12.0. The number of rotatable bonds is 1. The molecule has 0 radical (unpaired) electrons. The third-order valence-electron chi connectivity index (χ3n) is 1.60. The third-order valence-corrected chi connectivity index (χ3v) is 1.60. The van der Waals surface area contributed by atoms with E-state index in [1.54, 1.807) is 0 Å². The first-order valence-corrected chi connectivity index (χ1v) is 3.52. The van der Waals surface area contributed by atoms with Crippen LogP contribution in [0.4, 0.5) is 13.2 Å². The Hall–Kier alpha value is -0.940. The fraction of sp³-hybridized carbons (Fsp3) is 0.250. The van der Waals surface area contributed by atoms with E-state index in [4.69, 9.17) is 10.8 Å². The van der Waals surface area contributed by atoms with Gasteiger partial charge in [-0.05, 0) is 17.7 Å². The van der Waals surface area contributed by atoms with E-state index < -0.39 is 12.2 Å². The number of benzene rings is 1. The normalized spacial score (nSPS) is 13.1.